The number of aryl methyl sites for hydroxylation is 1. The molecule has 0 aliphatic carbocycles. The van der Waals surface area contributed by atoms with Gasteiger partial charge in [0.15, 0.2) is 0 Å². The number of imidazole rings is 1. The number of aliphatic hydroxyl groups excluding tert-OH is 1. The molecule has 1 aliphatic rings. The highest BCUT2D eigenvalue weighted by Crippen LogP contribution is 2.34. The van der Waals surface area contributed by atoms with Gasteiger partial charge in [-0.1, -0.05) is 6.07 Å². The monoisotopic (exact) mass is 423 g/mol. The molecule has 160 valence electrons. The quantitative estimate of drug-likeness (QED) is 0.648. The minimum atomic E-state index is -4.66. The molecule has 2 heterocycles. The van der Waals surface area contributed by atoms with Gasteiger partial charge in [-0.25, -0.2) is 9.37 Å². The lowest BCUT2D eigenvalue weighted by Gasteiger charge is -2.38. The van der Waals surface area contributed by atoms with Crippen LogP contribution in [0, 0.1) is 5.82 Å². The fourth-order valence-electron chi connectivity index (χ4n) is 3.90. The Hall–Kier alpha value is -2.49. The first-order valence-electron chi connectivity index (χ1n) is 9.51. The van der Waals surface area contributed by atoms with Gasteiger partial charge in [-0.3, -0.25) is 4.90 Å². The van der Waals surface area contributed by atoms with Gasteiger partial charge >= 0.3 is 6.18 Å². The van der Waals surface area contributed by atoms with Gasteiger partial charge in [-0.05, 0) is 41.5 Å². The first-order valence-corrected chi connectivity index (χ1v) is 9.51. The smallest absolute Gasteiger partial charge is 0.394 e. The molecule has 2 aromatic carbocycles. The van der Waals surface area contributed by atoms with Crippen molar-refractivity contribution < 1.29 is 27.4 Å². The molecule has 5 nitrogen and oxygen atoms in total. The number of hydrogen-bond donors (Lipinski definition) is 1. The second kappa shape index (κ2) is 7.98. The maximum Gasteiger partial charge on any atom is 0.416 e. The molecule has 9 heteroatoms. The van der Waals surface area contributed by atoms with Crippen LogP contribution in [0.4, 0.5) is 17.6 Å². The number of fused-ring (bicyclic) bond motifs is 1. The summed E-state index contributed by atoms with van der Waals surface area (Å²) in [7, 11) is 1.89. The third-order valence-corrected chi connectivity index (χ3v) is 5.47. The number of nitrogens with zero attached hydrogens (tertiary/aromatic N) is 3. The Morgan fingerprint density at radius 1 is 1.23 bits per heavy atom. The van der Waals surface area contributed by atoms with E-state index in [1.165, 1.54) is 0 Å². The van der Waals surface area contributed by atoms with Crippen LogP contribution in [0.5, 0.6) is 0 Å². The number of rotatable bonds is 4. The topological polar surface area (TPSA) is 50.5 Å². The lowest BCUT2D eigenvalue weighted by atomic mass is 10.00. The first-order chi connectivity index (χ1) is 14.3. The summed E-state index contributed by atoms with van der Waals surface area (Å²) >= 11 is 0. The highest BCUT2D eigenvalue weighted by Gasteiger charge is 2.34. The zero-order valence-corrected chi connectivity index (χ0v) is 16.2. The molecule has 0 radical (unpaired) electrons. The van der Waals surface area contributed by atoms with Crippen LogP contribution in [0.1, 0.15) is 28.8 Å². The van der Waals surface area contributed by atoms with Gasteiger partial charge in [0.1, 0.15) is 5.82 Å². The van der Waals surface area contributed by atoms with E-state index in [0.717, 1.165) is 28.7 Å². The van der Waals surface area contributed by atoms with Crippen molar-refractivity contribution in [3.05, 3.63) is 65.2 Å². The molecule has 1 saturated heterocycles. The Balaban J connectivity index is 1.61. The van der Waals surface area contributed by atoms with E-state index in [0.29, 0.717) is 25.8 Å². The molecular weight excluding hydrogens is 402 g/mol. The van der Waals surface area contributed by atoms with Crippen LogP contribution in [-0.2, 0) is 18.0 Å². The second-order valence-corrected chi connectivity index (χ2v) is 7.43. The number of benzene rings is 2. The Morgan fingerprint density at radius 2 is 2.03 bits per heavy atom. The molecule has 1 N–H and O–H groups in total. The highest BCUT2D eigenvalue weighted by atomic mass is 19.4. The summed E-state index contributed by atoms with van der Waals surface area (Å²) in [4.78, 5) is 6.12. The third-order valence-electron chi connectivity index (χ3n) is 5.47. The molecule has 1 fully saturated rings. The zero-order valence-electron chi connectivity index (χ0n) is 16.2. The number of halogens is 4. The van der Waals surface area contributed by atoms with Gasteiger partial charge < -0.3 is 14.4 Å². The number of alkyl halides is 3. The maximum atomic E-state index is 13.9. The Bertz CT molecular complexity index is 1050. The normalized spacial score (nSPS) is 19.3. The van der Waals surface area contributed by atoms with Crippen LogP contribution in [0.15, 0.2) is 42.7 Å². The molecule has 0 amide bonds. The van der Waals surface area contributed by atoms with Crippen molar-refractivity contribution in [1.29, 1.82) is 0 Å². The van der Waals surface area contributed by atoms with Crippen molar-refractivity contribution in [1.82, 2.24) is 14.5 Å². The molecule has 1 aliphatic heterocycles. The molecule has 2 unspecified atom stereocenters. The van der Waals surface area contributed by atoms with E-state index >= 15 is 0 Å². The lowest BCUT2D eigenvalue weighted by molar-refractivity contribution is -0.137. The molecule has 0 spiro atoms. The Kier molecular flexibility index (Phi) is 5.52. The summed E-state index contributed by atoms with van der Waals surface area (Å²) in [6, 6.07) is 7.39. The van der Waals surface area contributed by atoms with Gasteiger partial charge in [-0.15, -0.1) is 0 Å². The summed E-state index contributed by atoms with van der Waals surface area (Å²) in [5, 5.41) is 9.93. The molecule has 0 bridgehead atoms. The van der Waals surface area contributed by atoms with Gasteiger partial charge in [0.05, 0.1) is 48.3 Å². The van der Waals surface area contributed by atoms with E-state index in [1.807, 2.05) is 34.7 Å². The van der Waals surface area contributed by atoms with Crippen LogP contribution in [0.2, 0.25) is 0 Å². The molecule has 4 rings (SSSR count). The van der Waals surface area contributed by atoms with Crippen LogP contribution in [-0.4, -0.2) is 45.9 Å². The first kappa shape index (κ1) is 20.8. The summed E-state index contributed by atoms with van der Waals surface area (Å²) in [6.07, 6.45) is -3.28. The number of ether oxygens (including phenoxy) is 1. The van der Waals surface area contributed by atoms with Crippen molar-refractivity contribution in [3.63, 3.8) is 0 Å². The fourth-order valence-corrected chi connectivity index (χ4v) is 3.90. The number of morpholine rings is 1. The number of hydrogen-bond acceptors (Lipinski definition) is 4. The van der Waals surface area contributed by atoms with Crippen LogP contribution < -0.4 is 0 Å². The van der Waals surface area contributed by atoms with E-state index in [9.17, 15) is 22.7 Å². The molecule has 2 atom stereocenters. The number of aromatic nitrogens is 2. The van der Waals surface area contributed by atoms with Crippen LogP contribution in [0.25, 0.3) is 11.0 Å². The minimum absolute atomic E-state index is 0.0903. The van der Waals surface area contributed by atoms with Crippen molar-refractivity contribution >= 4 is 11.0 Å². The molecule has 30 heavy (non-hydrogen) atoms. The second-order valence-electron chi connectivity index (χ2n) is 7.43. The predicted molar refractivity (Wildman–Crippen MR) is 102 cm³/mol. The van der Waals surface area contributed by atoms with Gasteiger partial charge in [0, 0.05) is 20.1 Å². The largest absolute Gasteiger partial charge is 0.416 e. The fraction of sp³-hybridized carbons (Fsp3) is 0.381. The molecular formula is C21H21F4N3O2. The van der Waals surface area contributed by atoms with Crippen LogP contribution >= 0.6 is 0 Å². The van der Waals surface area contributed by atoms with Crippen LogP contribution in [0.3, 0.4) is 0 Å². The van der Waals surface area contributed by atoms with E-state index < -0.39 is 30.2 Å². The van der Waals surface area contributed by atoms with E-state index in [4.69, 9.17) is 4.74 Å². The summed E-state index contributed by atoms with van der Waals surface area (Å²) in [6.45, 7) is 0.667. The SMILES string of the molecule is Cn1cnc2ccc(C3CN(C(CO)c4cc(F)cc(C(F)(F)F)c4)CCO3)cc21. The van der Waals surface area contributed by atoms with Gasteiger partial charge in [0.25, 0.3) is 0 Å². The highest BCUT2D eigenvalue weighted by molar-refractivity contribution is 5.76. The standard InChI is InChI=1S/C21H21F4N3O2/c1-27-12-26-17-3-2-13(8-18(17)27)20-10-28(4-5-30-20)19(11-29)14-6-15(21(23,24)25)9-16(22)7-14/h2-3,6-9,12,19-20,29H,4-5,10-11H2,1H3. The Labute approximate surface area is 170 Å². The van der Waals surface area contributed by atoms with Crippen molar-refractivity contribution in [2.24, 2.45) is 7.05 Å². The summed E-state index contributed by atoms with van der Waals surface area (Å²) in [5.41, 5.74) is 1.71. The predicted octanol–water partition coefficient (Wildman–Crippen LogP) is 3.84. The molecule has 1 aromatic heterocycles. The zero-order chi connectivity index (χ0) is 21.5. The van der Waals surface area contributed by atoms with E-state index in [-0.39, 0.29) is 11.7 Å². The van der Waals surface area contributed by atoms with Gasteiger partial charge in [-0.2, -0.15) is 13.2 Å². The average molecular weight is 423 g/mol. The van der Waals surface area contributed by atoms with Crippen molar-refractivity contribution in [2.75, 3.05) is 26.3 Å². The average Bonchev–Trinajstić information content (AvgIpc) is 3.08. The summed E-state index contributed by atoms with van der Waals surface area (Å²) in [5.74, 6) is -0.982. The lowest BCUT2D eigenvalue weighted by Crippen LogP contribution is -2.42. The molecule has 3 aromatic rings. The van der Waals surface area contributed by atoms with E-state index in [1.54, 1.807) is 6.33 Å². The third kappa shape index (κ3) is 4.05. The molecule has 0 saturated carbocycles. The number of aliphatic hydroxyl groups is 1. The minimum Gasteiger partial charge on any atom is -0.394 e. The van der Waals surface area contributed by atoms with Crippen molar-refractivity contribution in [3.8, 4) is 0 Å². The Morgan fingerprint density at radius 3 is 2.77 bits per heavy atom. The van der Waals surface area contributed by atoms with E-state index in [2.05, 4.69) is 4.98 Å². The summed E-state index contributed by atoms with van der Waals surface area (Å²) < 4.78 is 61.0. The maximum absolute atomic E-state index is 13.9. The van der Waals surface area contributed by atoms with Crippen molar-refractivity contribution in [2.45, 2.75) is 18.3 Å². The van der Waals surface area contributed by atoms with Gasteiger partial charge in [0.2, 0.25) is 0 Å².